The number of hydrogen-bond acceptors (Lipinski definition) is 3. The summed E-state index contributed by atoms with van der Waals surface area (Å²) in [4.78, 5) is 11.9. The number of esters is 1. The van der Waals surface area contributed by atoms with Gasteiger partial charge in [-0.25, -0.2) is 0 Å². The van der Waals surface area contributed by atoms with E-state index in [2.05, 4.69) is 19.1 Å². The first kappa shape index (κ1) is 24.0. The molecule has 2 aromatic rings. The predicted molar refractivity (Wildman–Crippen MR) is 124 cm³/mol. The van der Waals surface area contributed by atoms with Crippen LogP contribution in [0.4, 0.5) is 0 Å². The lowest BCUT2D eigenvalue weighted by Gasteiger charge is -2.08. The van der Waals surface area contributed by atoms with Gasteiger partial charge in [-0.1, -0.05) is 101 Å². The normalized spacial score (nSPS) is 10.7. The van der Waals surface area contributed by atoms with Gasteiger partial charge >= 0.3 is 5.97 Å². The van der Waals surface area contributed by atoms with Crippen LogP contribution in [-0.2, 0) is 22.6 Å². The molecular formula is C27H38O3. The molecule has 0 saturated heterocycles. The largest absolute Gasteiger partial charge is 0.489 e. The van der Waals surface area contributed by atoms with Crippen molar-refractivity contribution >= 4 is 5.97 Å². The highest BCUT2D eigenvalue weighted by molar-refractivity contribution is 5.69. The highest BCUT2D eigenvalue weighted by Crippen LogP contribution is 2.15. The topological polar surface area (TPSA) is 35.5 Å². The predicted octanol–water partition coefficient (Wildman–Crippen LogP) is 7.27. The molecule has 30 heavy (non-hydrogen) atoms. The molecule has 0 saturated carbocycles. The van der Waals surface area contributed by atoms with Crippen LogP contribution >= 0.6 is 0 Å². The molecule has 0 aliphatic heterocycles. The molecule has 0 bridgehead atoms. The molecule has 3 nitrogen and oxygen atoms in total. The van der Waals surface area contributed by atoms with Gasteiger partial charge in [0.2, 0.25) is 0 Å². The number of benzene rings is 2. The smallest absolute Gasteiger partial charge is 0.305 e. The lowest BCUT2D eigenvalue weighted by Crippen LogP contribution is -2.07. The van der Waals surface area contributed by atoms with E-state index in [0.29, 0.717) is 19.6 Å². The third-order valence-corrected chi connectivity index (χ3v) is 5.31. The zero-order valence-electron chi connectivity index (χ0n) is 18.6. The summed E-state index contributed by atoms with van der Waals surface area (Å²) >= 11 is 0. The molecule has 0 spiro atoms. The quantitative estimate of drug-likeness (QED) is 0.215. The summed E-state index contributed by atoms with van der Waals surface area (Å²) in [6, 6.07) is 18.2. The zero-order valence-corrected chi connectivity index (χ0v) is 18.6. The summed E-state index contributed by atoms with van der Waals surface area (Å²) in [5.74, 6) is 0.783. The number of carbonyl (C=O) groups excluding carboxylic acids is 1. The van der Waals surface area contributed by atoms with Crippen LogP contribution < -0.4 is 4.74 Å². The van der Waals surface area contributed by atoms with Crippen molar-refractivity contribution in [1.82, 2.24) is 0 Å². The monoisotopic (exact) mass is 410 g/mol. The fourth-order valence-corrected chi connectivity index (χ4v) is 3.43. The van der Waals surface area contributed by atoms with Crippen LogP contribution in [0, 0.1) is 0 Å². The SMILES string of the molecule is CCCCCCCCCCCC(=O)OCCc1ccc(OCc2ccccc2)cc1. The van der Waals surface area contributed by atoms with Gasteiger partial charge in [-0.05, 0) is 29.7 Å². The van der Waals surface area contributed by atoms with E-state index < -0.39 is 0 Å². The Bertz CT molecular complexity index is 679. The van der Waals surface area contributed by atoms with Crippen LogP contribution in [0.2, 0.25) is 0 Å². The van der Waals surface area contributed by atoms with E-state index in [4.69, 9.17) is 9.47 Å². The average molecular weight is 411 g/mol. The van der Waals surface area contributed by atoms with Crippen molar-refractivity contribution in [2.24, 2.45) is 0 Å². The minimum Gasteiger partial charge on any atom is -0.489 e. The van der Waals surface area contributed by atoms with Crippen molar-refractivity contribution in [2.45, 2.75) is 84.2 Å². The Labute approximate surface area is 182 Å². The van der Waals surface area contributed by atoms with E-state index in [9.17, 15) is 4.79 Å². The van der Waals surface area contributed by atoms with Crippen LogP contribution in [0.15, 0.2) is 54.6 Å². The first-order valence-corrected chi connectivity index (χ1v) is 11.7. The molecule has 0 N–H and O–H groups in total. The van der Waals surface area contributed by atoms with Gasteiger partial charge in [0.15, 0.2) is 0 Å². The van der Waals surface area contributed by atoms with Crippen molar-refractivity contribution in [2.75, 3.05) is 6.61 Å². The van der Waals surface area contributed by atoms with Crippen molar-refractivity contribution in [3.05, 3.63) is 65.7 Å². The molecule has 0 aliphatic carbocycles. The van der Waals surface area contributed by atoms with E-state index in [-0.39, 0.29) is 5.97 Å². The molecule has 0 heterocycles. The Morgan fingerprint density at radius 1 is 0.733 bits per heavy atom. The van der Waals surface area contributed by atoms with E-state index in [1.54, 1.807) is 0 Å². The molecule has 3 heteroatoms. The minimum atomic E-state index is -0.0687. The van der Waals surface area contributed by atoms with Gasteiger partial charge in [-0.3, -0.25) is 4.79 Å². The molecule has 2 rings (SSSR count). The molecule has 0 amide bonds. The Morgan fingerprint density at radius 3 is 2.03 bits per heavy atom. The second-order valence-electron chi connectivity index (χ2n) is 7.97. The van der Waals surface area contributed by atoms with Crippen LogP contribution in [0.1, 0.15) is 82.3 Å². The van der Waals surface area contributed by atoms with Crippen molar-refractivity contribution in [3.63, 3.8) is 0 Å². The van der Waals surface area contributed by atoms with Gasteiger partial charge in [0, 0.05) is 12.8 Å². The maximum Gasteiger partial charge on any atom is 0.305 e. The fourth-order valence-electron chi connectivity index (χ4n) is 3.43. The first-order valence-electron chi connectivity index (χ1n) is 11.7. The molecule has 0 aromatic heterocycles. The molecule has 2 aromatic carbocycles. The Balaban J connectivity index is 1.49. The number of hydrogen-bond donors (Lipinski definition) is 0. The number of unbranched alkanes of at least 4 members (excludes halogenated alkanes) is 8. The van der Waals surface area contributed by atoms with Crippen molar-refractivity contribution in [3.8, 4) is 5.75 Å². The molecule has 0 radical (unpaired) electrons. The standard InChI is InChI=1S/C27H38O3/c1-2-3-4-5-6-7-8-9-13-16-27(28)29-22-21-24-17-19-26(20-18-24)30-23-25-14-11-10-12-15-25/h10-12,14-15,17-20H,2-9,13,16,21-23H2,1H3. The first-order chi connectivity index (χ1) is 14.8. The van der Waals surface area contributed by atoms with Gasteiger partial charge in [-0.15, -0.1) is 0 Å². The summed E-state index contributed by atoms with van der Waals surface area (Å²) in [6.07, 6.45) is 12.6. The Hall–Kier alpha value is -2.29. The van der Waals surface area contributed by atoms with Gasteiger partial charge in [-0.2, -0.15) is 0 Å². The lowest BCUT2D eigenvalue weighted by molar-refractivity contribution is -0.143. The van der Waals surface area contributed by atoms with Crippen LogP contribution in [0.25, 0.3) is 0 Å². The van der Waals surface area contributed by atoms with Crippen molar-refractivity contribution in [1.29, 1.82) is 0 Å². The Morgan fingerprint density at radius 2 is 1.37 bits per heavy atom. The number of rotatable bonds is 16. The third-order valence-electron chi connectivity index (χ3n) is 5.31. The summed E-state index contributed by atoms with van der Waals surface area (Å²) in [5.41, 5.74) is 2.30. The summed E-state index contributed by atoms with van der Waals surface area (Å²) in [5, 5.41) is 0. The van der Waals surface area contributed by atoms with Gasteiger partial charge in [0.25, 0.3) is 0 Å². The van der Waals surface area contributed by atoms with Gasteiger partial charge in [0.05, 0.1) is 6.61 Å². The zero-order chi connectivity index (χ0) is 21.3. The number of ether oxygens (including phenoxy) is 2. The molecule has 0 atom stereocenters. The second-order valence-corrected chi connectivity index (χ2v) is 7.97. The molecule has 164 valence electrons. The van der Waals surface area contributed by atoms with Gasteiger partial charge < -0.3 is 9.47 Å². The summed E-state index contributed by atoms with van der Waals surface area (Å²) in [7, 11) is 0. The molecule has 0 fully saturated rings. The maximum atomic E-state index is 11.9. The lowest BCUT2D eigenvalue weighted by atomic mass is 10.1. The van der Waals surface area contributed by atoms with Crippen LogP contribution in [-0.4, -0.2) is 12.6 Å². The molecule has 0 unspecified atom stereocenters. The van der Waals surface area contributed by atoms with Crippen molar-refractivity contribution < 1.29 is 14.3 Å². The number of carbonyl (C=O) groups is 1. The Kier molecular flexibility index (Phi) is 12.4. The second kappa shape index (κ2) is 15.5. The minimum absolute atomic E-state index is 0.0687. The molecular weight excluding hydrogens is 372 g/mol. The average Bonchev–Trinajstić information content (AvgIpc) is 2.78. The third kappa shape index (κ3) is 11.0. The van der Waals surface area contributed by atoms with E-state index >= 15 is 0 Å². The maximum absolute atomic E-state index is 11.9. The summed E-state index contributed by atoms with van der Waals surface area (Å²) < 4.78 is 11.2. The summed E-state index contributed by atoms with van der Waals surface area (Å²) in [6.45, 7) is 3.26. The van der Waals surface area contributed by atoms with Crippen LogP contribution in [0.3, 0.4) is 0 Å². The fraction of sp³-hybridized carbons (Fsp3) is 0.519. The van der Waals surface area contributed by atoms with Crippen LogP contribution in [0.5, 0.6) is 5.75 Å². The highest BCUT2D eigenvalue weighted by atomic mass is 16.5. The molecule has 0 aliphatic rings. The highest BCUT2D eigenvalue weighted by Gasteiger charge is 2.04. The van der Waals surface area contributed by atoms with Gasteiger partial charge in [0.1, 0.15) is 12.4 Å². The van der Waals surface area contributed by atoms with E-state index in [1.807, 2.05) is 42.5 Å². The van der Waals surface area contributed by atoms with E-state index in [0.717, 1.165) is 36.1 Å². The van der Waals surface area contributed by atoms with E-state index in [1.165, 1.54) is 44.9 Å².